The van der Waals surface area contributed by atoms with Crippen molar-refractivity contribution in [2.45, 2.75) is 52.1 Å². The zero-order chi connectivity index (χ0) is 23.4. The van der Waals surface area contributed by atoms with Crippen molar-refractivity contribution in [1.82, 2.24) is 25.2 Å². The topological polar surface area (TPSA) is 102 Å². The number of carbonyl (C=O) groups excluding carboxylic acids is 1. The monoisotopic (exact) mass is 453 g/mol. The minimum absolute atomic E-state index is 0.167. The summed E-state index contributed by atoms with van der Waals surface area (Å²) < 4.78 is 11.7. The molecule has 0 aliphatic carbocycles. The number of piperidine rings is 1. The molecular weight excluding hydrogens is 422 g/mol. The van der Waals surface area contributed by atoms with E-state index in [1.165, 1.54) is 19.3 Å². The molecule has 1 N–H and O–H groups in total. The Morgan fingerprint density at radius 3 is 2.79 bits per heavy atom. The lowest BCUT2D eigenvalue weighted by Gasteiger charge is -2.33. The summed E-state index contributed by atoms with van der Waals surface area (Å²) in [7, 11) is 1.60. The van der Waals surface area contributed by atoms with Crippen LogP contribution in [0.2, 0.25) is 0 Å². The minimum atomic E-state index is -0.448. The number of nitrogens with zero attached hydrogens (tertiary/aromatic N) is 4. The number of carbonyl (C=O) groups is 1. The van der Waals surface area contributed by atoms with Crippen molar-refractivity contribution >= 4 is 16.8 Å². The number of aryl methyl sites for hydroxylation is 1. The van der Waals surface area contributed by atoms with Gasteiger partial charge in [-0.3, -0.25) is 9.59 Å². The van der Waals surface area contributed by atoms with Crippen molar-refractivity contribution in [2.75, 3.05) is 26.7 Å². The molecule has 176 valence electrons. The summed E-state index contributed by atoms with van der Waals surface area (Å²) >= 11 is 0. The average molecular weight is 454 g/mol. The Balaban J connectivity index is 1.47. The van der Waals surface area contributed by atoms with E-state index in [0.717, 1.165) is 29.8 Å². The van der Waals surface area contributed by atoms with E-state index in [1.54, 1.807) is 14.0 Å². The van der Waals surface area contributed by atoms with Crippen LogP contribution in [0.15, 0.2) is 33.6 Å². The highest BCUT2D eigenvalue weighted by molar-refractivity contribution is 5.93. The fourth-order valence-electron chi connectivity index (χ4n) is 4.39. The number of ether oxygens (including phenoxy) is 1. The molecule has 1 aromatic carbocycles. The minimum Gasteiger partial charge on any atom is -0.497 e. The smallest absolute Gasteiger partial charge is 0.297 e. The zero-order valence-corrected chi connectivity index (χ0v) is 19.5. The Hall–Kier alpha value is -3.20. The predicted octanol–water partition coefficient (Wildman–Crippen LogP) is 2.75. The van der Waals surface area contributed by atoms with Crippen molar-refractivity contribution in [1.29, 1.82) is 0 Å². The Morgan fingerprint density at radius 2 is 2.06 bits per heavy atom. The molecule has 9 heteroatoms. The molecule has 1 saturated heterocycles. The number of methoxy groups -OCH3 is 1. The molecule has 1 aliphatic heterocycles. The molecule has 1 atom stereocenters. The first-order chi connectivity index (χ1) is 16.0. The SMILES string of the molecule is COc1ccc(-c2nn(CC(=O)NCCCN3CCCC[C@H]3C)c(=O)c3noc(C)c23)cc1. The van der Waals surface area contributed by atoms with Gasteiger partial charge in [0.2, 0.25) is 5.91 Å². The van der Waals surface area contributed by atoms with Crippen LogP contribution in [0.3, 0.4) is 0 Å². The van der Waals surface area contributed by atoms with Crippen LogP contribution < -0.4 is 15.6 Å². The Labute approximate surface area is 192 Å². The molecule has 0 radical (unpaired) electrons. The highest BCUT2D eigenvalue weighted by atomic mass is 16.5. The summed E-state index contributed by atoms with van der Waals surface area (Å²) in [5.41, 5.74) is 1.03. The van der Waals surface area contributed by atoms with Crippen LogP contribution in [0.5, 0.6) is 5.75 Å². The van der Waals surface area contributed by atoms with Gasteiger partial charge in [-0.25, -0.2) is 4.68 Å². The first kappa shape index (κ1) is 23.0. The number of hydrogen-bond acceptors (Lipinski definition) is 7. The van der Waals surface area contributed by atoms with E-state index in [9.17, 15) is 9.59 Å². The van der Waals surface area contributed by atoms with Gasteiger partial charge in [0.05, 0.1) is 12.5 Å². The molecule has 4 rings (SSSR count). The van der Waals surface area contributed by atoms with Crippen LogP contribution in [0, 0.1) is 6.92 Å². The van der Waals surface area contributed by atoms with Crippen molar-refractivity contribution < 1.29 is 14.1 Å². The Bertz CT molecular complexity index is 1170. The van der Waals surface area contributed by atoms with Gasteiger partial charge in [-0.15, -0.1) is 0 Å². The molecular formula is C24H31N5O4. The maximum absolute atomic E-state index is 12.9. The third-order valence-electron chi connectivity index (χ3n) is 6.30. The van der Waals surface area contributed by atoms with Gasteiger partial charge in [0.1, 0.15) is 23.7 Å². The number of amides is 1. The number of fused-ring (bicyclic) bond motifs is 1. The lowest BCUT2D eigenvalue weighted by molar-refractivity contribution is -0.121. The van der Waals surface area contributed by atoms with E-state index in [2.05, 4.69) is 27.4 Å². The van der Waals surface area contributed by atoms with Gasteiger partial charge in [0, 0.05) is 24.7 Å². The first-order valence-electron chi connectivity index (χ1n) is 11.5. The molecule has 9 nitrogen and oxygen atoms in total. The molecule has 3 aromatic rings. The van der Waals surface area contributed by atoms with Gasteiger partial charge in [-0.2, -0.15) is 5.10 Å². The van der Waals surface area contributed by atoms with Crippen LogP contribution in [0.25, 0.3) is 22.2 Å². The molecule has 0 spiro atoms. The summed E-state index contributed by atoms with van der Waals surface area (Å²) in [5.74, 6) is 0.962. The second-order valence-electron chi connectivity index (χ2n) is 8.59. The molecule has 0 unspecified atom stereocenters. The predicted molar refractivity (Wildman–Crippen MR) is 125 cm³/mol. The van der Waals surface area contributed by atoms with E-state index < -0.39 is 5.56 Å². The number of benzene rings is 1. The fourth-order valence-corrected chi connectivity index (χ4v) is 4.39. The summed E-state index contributed by atoms with van der Waals surface area (Å²) in [5, 5.41) is 11.9. The number of nitrogens with one attached hydrogen (secondary N) is 1. The fraction of sp³-hybridized carbons (Fsp3) is 0.500. The summed E-state index contributed by atoms with van der Waals surface area (Å²) in [6.07, 6.45) is 4.65. The zero-order valence-electron chi connectivity index (χ0n) is 19.5. The van der Waals surface area contributed by atoms with Crippen LogP contribution in [-0.2, 0) is 11.3 Å². The highest BCUT2D eigenvalue weighted by Gasteiger charge is 2.20. The van der Waals surface area contributed by atoms with E-state index in [0.29, 0.717) is 35.2 Å². The quantitative estimate of drug-likeness (QED) is 0.523. The van der Waals surface area contributed by atoms with Crippen molar-refractivity contribution in [3.63, 3.8) is 0 Å². The lowest BCUT2D eigenvalue weighted by atomic mass is 10.0. The number of aromatic nitrogens is 3. The van der Waals surface area contributed by atoms with E-state index in [-0.39, 0.29) is 18.0 Å². The third-order valence-corrected chi connectivity index (χ3v) is 6.30. The largest absolute Gasteiger partial charge is 0.497 e. The van der Waals surface area contributed by atoms with Crippen LogP contribution in [-0.4, -0.2) is 58.5 Å². The second-order valence-corrected chi connectivity index (χ2v) is 8.59. The molecule has 1 amide bonds. The van der Waals surface area contributed by atoms with Gasteiger partial charge in [-0.1, -0.05) is 11.6 Å². The lowest BCUT2D eigenvalue weighted by Crippen LogP contribution is -2.40. The molecule has 1 fully saturated rings. The molecule has 33 heavy (non-hydrogen) atoms. The van der Waals surface area contributed by atoms with Crippen LogP contribution in [0.4, 0.5) is 0 Å². The maximum Gasteiger partial charge on any atom is 0.297 e. The molecule has 2 aromatic heterocycles. The molecule has 3 heterocycles. The molecule has 1 aliphatic rings. The average Bonchev–Trinajstić information content (AvgIpc) is 3.21. The number of rotatable bonds is 8. The van der Waals surface area contributed by atoms with Crippen molar-refractivity contribution in [3.05, 3.63) is 40.4 Å². The number of hydrogen-bond donors (Lipinski definition) is 1. The van der Waals surface area contributed by atoms with Crippen LogP contribution >= 0.6 is 0 Å². The highest BCUT2D eigenvalue weighted by Crippen LogP contribution is 2.28. The normalized spacial score (nSPS) is 16.8. The third kappa shape index (κ3) is 5.08. The molecule has 0 saturated carbocycles. The van der Waals surface area contributed by atoms with Gasteiger partial charge < -0.3 is 19.5 Å². The first-order valence-corrected chi connectivity index (χ1v) is 11.5. The van der Waals surface area contributed by atoms with Crippen LogP contribution in [0.1, 0.15) is 38.4 Å². The Kier molecular flexibility index (Phi) is 7.08. The van der Waals surface area contributed by atoms with Gasteiger partial charge in [0.15, 0.2) is 5.52 Å². The second kappa shape index (κ2) is 10.2. The van der Waals surface area contributed by atoms with Crippen molar-refractivity contribution in [2.24, 2.45) is 0 Å². The van der Waals surface area contributed by atoms with E-state index >= 15 is 0 Å². The van der Waals surface area contributed by atoms with Gasteiger partial charge in [-0.05, 0) is 63.9 Å². The number of likely N-dealkylation sites (tertiary alicyclic amines) is 1. The maximum atomic E-state index is 12.9. The standard InChI is InChI=1S/C24H31N5O4/c1-16-7-4-5-13-28(16)14-6-12-25-20(30)15-29-24(31)23-21(17(2)33-27-23)22(26-29)18-8-10-19(32-3)11-9-18/h8-11,16H,4-7,12-15H2,1-3H3,(H,25,30)/t16-/m1/s1. The summed E-state index contributed by atoms with van der Waals surface area (Å²) in [4.78, 5) is 27.9. The summed E-state index contributed by atoms with van der Waals surface area (Å²) in [6.45, 7) is 6.48. The van der Waals surface area contributed by atoms with Gasteiger partial charge in [0.25, 0.3) is 5.56 Å². The summed E-state index contributed by atoms with van der Waals surface area (Å²) in [6, 6.07) is 7.94. The van der Waals surface area contributed by atoms with Gasteiger partial charge >= 0.3 is 0 Å². The van der Waals surface area contributed by atoms with Crippen molar-refractivity contribution in [3.8, 4) is 17.0 Å². The molecule has 0 bridgehead atoms. The van der Waals surface area contributed by atoms with E-state index in [1.807, 2.05) is 24.3 Å². The van der Waals surface area contributed by atoms with E-state index in [4.69, 9.17) is 9.26 Å². The Morgan fingerprint density at radius 1 is 1.27 bits per heavy atom.